The smallest absolute Gasteiger partial charge is 0.315 e. The number of halogens is 1. The Morgan fingerprint density at radius 2 is 1.67 bits per heavy atom. The number of rotatable bonds is 6. The summed E-state index contributed by atoms with van der Waals surface area (Å²) in [7, 11) is 0. The van der Waals surface area contributed by atoms with Crippen LogP contribution in [0.2, 0.25) is 0 Å². The van der Waals surface area contributed by atoms with Crippen LogP contribution in [0.5, 0.6) is 0 Å². The molecular formula is C25H30BrN5O2. The molecule has 0 aliphatic carbocycles. The van der Waals surface area contributed by atoms with Crippen molar-refractivity contribution < 1.29 is 9.59 Å². The van der Waals surface area contributed by atoms with Crippen molar-refractivity contribution in [2.75, 3.05) is 23.7 Å². The molecule has 3 aromatic rings. The van der Waals surface area contributed by atoms with Crippen molar-refractivity contribution in [2.45, 2.75) is 40.0 Å². The number of carbonyl (C=O) groups is 2. The van der Waals surface area contributed by atoms with Crippen LogP contribution in [0.15, 0.2) is 59.1 Å². The Hall–Kier alpha value is -3.13. The van der Waals surface area contributed by atoms with E-state index in [9.17, 15) is 9.59 Å². The van der Waals surface area contributed by atoms with Crippen molar-refractivity contribution in [3.63, 3.8) is 0 Å². The molecule has 3 rings (SSSR count). The van der Waals surface area contributed by atoms with Crippen molar-refractivity contribution in [2.24, 2.45) is 0 Å². The van der Waals surface area contributed by atoms with Gasteiger partial charge in [0.1, 0.15) is 12.4 Å². The molecule has 0 aliphatic heterocycles. The monoisotopic (exact) mass is 511 g/mol. The van der Waals surface area contributed by atoms with E-state index in [0.29, 0.717) is 18.1 Å². The Kier molecular flexibility index (Phi) is 7.58. The van der Waals surface area contributed by atoms with E-state index in [2.05, 4.69) is 47.3 Å². The fourth-order valence-electron chi connectivity index (χ4n) is 3.14. The molecule has 0 saturated carbocycles. The van der Waals surface area contributed by atoms with Gasteiger partial charge in [-0.25, -0.2) is 9.48 Å². The number of likely N-dealkylation sites (N-methyl/N-ethyl adjacent to an activating group) is 1. The Morgan fingerprint density at radius 1 is 1.03 bits per heavy atom. The maximum Gasteiger partial charge on any atom is 0.322 e. The highest BCUT2D eigenvalue weighted by Crippen LogP contribution is 2.26. The lowest BCUT2D eigenvalue weighted by Crippen LogP contribution is -2.40. The first-order valence-electron chi connectivity index (χ1n) is 10.9. The van der Waals surface area contributed by atoms with Crippen LogP contribution in [0.3, 0.4) is 0 Å². The number of aromatic nitrogens is 2. The minimum Gasteiger partial charge on any atom is -0.315 e. The quantitative estimate of drug-likeness (QED) is 0.443. The zero-order valence-corrected chi connectivity index (χ0v) is 21.2. The normalized spacial score (nSPS) is 11.2. The molecule has 0 spiro atoms. The van der Waals surface area contributed by atoms with Gasteiger partial charge in [-0.05, 0) is 50.2 Å². The summed E-state index contributed by atoms with van der Waals surface area (Å²) in [4.78, 5) is 27.0. The minimum atomic E-state index is -0.336. The van der Waals surface area contributed by atoms with E-state index in [0.717, 1.165) is 21.4 Å². The second-order valence-corrected chi connectivity index (χ2v) is 9.83. The molecule has 1 aromatic heterocycles. The van der Waals surface area contributed by atoms with Gasteiger partial charge in [0.05, 0.1) is 11.4 Å². The summed E-state index contributed by atoms with van der Waals surface area (Å²) in [5, 5.41) is 10.5. The number of anilines is 2. The molecule has 174 valence electrons. The van der Waals surface area contributed by atoms with Crippen LogP contribution < -0.4 is 10.6 Å². The Morgan fingerprint density at radius 3 is 2.24 bits per heavy atom. The molecule has 0 radical (unpaired) electrons. The molecule has 1 heterocycles. The summed E-state index contributed by atoms with van der Waals surface area (Å²) in [6.45, 7) is 10.4. The molecule has 0 atom stereocenters. The van der Waals surface area contributed by atoms with Crippen molar-refractivity contribution in [3.8, 4) is 5.69 Å². The summed E-state index contributed by atoms with van der Waals surface area (Å²) >= 11 is 3.38. The van der Waals surface area contributed by atoms with Gasteiger partial charge in [0.15, 0.2) is 0 Å². The van der Waals surface area contributed by atoms with E-state index < -0.39 is 0 Å². The van der Waals surface area contributed by atoms with E-state index in [-0.39, 0.29) is 23.9 Å². The first kappa shape index (κ1) is 24.5. The predicted molar refractivity (Wildman–Crippen MR) is 136 cm³/mol. The molecule has 3 amide bonds. The van der Waals surface area contributed by atoms with Crippen molar-refractivity contribution in [1.29, 1.82) is 0 Å². The van der Waals surface area contributed by atoms with Crippen molar-refractivity contribution in [1.82, 2.24) is 14.7 Å². The molecule has 0 bridgehead atoms. The molecule has 0 fully saturated rings. The standard InChI is InChI=1S/C25H30BrN5O2/c1-6-30(24(33)27-19-11-9-18(26)10-12-19)16-23(32)28-22-15-21(25(3,4)5)29-31(22)20-13-7-17(2)8-14-20/h7-15H,6,16H2,1-5H3,(H,27,33)(H,28,32). The second kappa shape index (κ2) is 10.2. The SMILES string of the molecule is CCN(CC(=O)Nc1cc(C(C)(C)C)nn1-c1ccc(C)cc1)C(=O)Nc1ccc(Br)cc1. The van der Waals surface area contributed by atoms with Gasteiger partial charge in [-0.15, -0.1) is 0 Å². The van der Waals surface area contributed by atoms with Gasteiger partial charge in [-0.1, -0.05) is 54.4 Å². The Bertz CT molecular complexity index is 1120. The van der Waals surface area contributed by atoms with Gasteiger partial charge in [0, 0.05) is 28.2 Å². The number of nitrogens with one attached hydrogen (secondary N) is 2. The first-order chi connectivity index (χ1) is 15.6. The predicted octanol–water partition coefficient (Wildman–Crippen LogP) is 5.73. The minimum absolute atomic E-state index is 0.0806. The largest absolute Gasteiger partial charge is 0.322 e. The molecule has 0 unspecified atom stereocenters. The number of urea groups is 1. The summed E-state index contributed by atoms with van der Waals surface area (Å²) in [5.41, 5.74) is 3.33. The highest BCUT2D eigenvalue weighted by Gasteiger charge is 2.23. The van der Waals surface area contributed by atoms with Crippen LogP contribution in [0.4, 0.5) is 16.3 Å². The highest BCUT2D eigenvalue weighted by molar-refractivity contribution is 9.10. The highest BCUT2D eigenvalue weighted by atomic mass is 79.9. The van der Waals surface area contributed by atoms with Crippen LogP contribution in [0.25, 0.3) is 5.69 Å². The second-order valence-electron chi connectivity index (χ2n) is 8.91. The number of nitrogens with zero attached hydrogens (tertiary/aromatic N) is 3. The lowest BCUT2D eigenvalue weighted by atomic mass is 9.92. The van der Waals surface area contributed by atoms with Crippen LogP contribution in [-0.4, -0.2) is 39.7 Å². The Labute approximate surface area is 203 Å². The third kappa shape index (κ3) is 6.44. The summed E-state index contributed by atoms with van der Waals surface area (Å²) in [6.07, 6.45) is 0. The van der Waals surface area contributed by atoms with Gasteiger partial charge >= 0.3 is 6.03 Å². The summed E-state index contributed by atoms with van der Waals surface area (Å²) < 4.78 is 2.66. The lowest BCUT2D eigenvalue weighted by Gasteiger charge is -2.21. The maximum atomic E-state index is 12.9. The van der Waals surface area contributed by atoms with Gasteiger partial charge in [-0.3, -0.25) is 4.79 Å². The lowest BCUT2D eigenvalue weighted by molar-refractivity contribution is -0.116. The maximum absolute atomic E-state index is 12.9. The number of amides is 3. The van der Waals surface area contributed by atoms with Crippen LogP contribution >= 0.6 is 15.9 Å². The number of aryl methyl sites for hydroxylation is 1. The van der Waals surface area contributed by atoms with E-state index >= 15 is 0 Å². The first-order valence-corrected chi connectivity index (χ1v) is 11.6. The van der Waals surface area contributed by atoms with Gasteiger partial charge in [-0.2, -0.15) is 5.10 Å². The van der Waals surface area contributed by atoms with Crippen molar-refractivity contribution >= 4 is 39.4 Å². The zero-order chi connectivity index (χ0) is 24.2. The molecule has 2 N–H and O–H groups in total. The fraction of sp³-hybridized carbons (Fsp3) is 0.320. The van der Waals surface area contributed by atoms with E-state index in [4.69, 9.17) is 5.10 Å². The van der Waals surface area contributed by atoms with E-state index in [1.807, 2.05) is 56.3 Å². The number of carbonyl (C=O) groups excluding carboxylic acids is 2. The molecule has 33 heavy (non-hydrogen) atoms. The van der Waals surface area contributed by atoms with E-state index in [1.165, 1.54) is 4.90 Å². The molecule has 0 aliphatic rings. The number of hydrogen-bond acceptors (Lipinski definition) is 3. The average Bonchev–Trinajstić information content (AvgIpc) is 3.18. The van der Waals surface area contributed by atoms with E-state index in [1.54, 1.807) is 16.8 Å². The van der Waals surface area contributed by atoms with Gasteiger partial charge in [0.2, 0.25) is 5.91 Å². The third-order valence-corrected chi connectivity index (χ3v) is 5.65. The van der Waals surface area contributed by atoms with Gasteiger partial charge in [0.25, 0.3) is 0 Å². The fourth-order valence-corrected chi connectivity index (χ4v) is 3.40. The molecule has 0 saturated heterocycles. The van der Waals surface area contributed by atoms with Crippen LogP contribution in [0, 0.1) is 6.92 Å². The third-order valence-electron chi connectivity index (χ3n) is 5.12. The molecule has 8 heteroatoms. The zero-order valence-electron chi connectivity index (χ0n) is 19.6. The Balaban J connectivity index is 1.76. The summed E-state index contributed by atoms with van der Waals surface area (Å²) in [6, 6.07) is 16.8. The number of benzene rings is 2. The van der Waals surface area contributed by atoms with Crippen molar-refractivity contribution in [3.05, 3.63) is 70.3 Å². The molecular weight excluding hydrogens is 482 g/mol. The van der Waals surface area contributed by atoms with Crippen LogP contribution in [0.1, 0.15) is 39.0 Å². The average molecular weight is 512 g/mol. The molecule has 7 nitrogen and oxygen atoms in total. The number of hydrogen-bond donors (Lipinski definition) is 2. The van der Waals surface area contributed by atoms with Crippen LogP contribution in [-0.2, 0) is 10.2 Å². The topological polar surface area (TPSA) is 79.3 Å². The summed E-state index contributed by atoms with van der Waals surface area (Å²) in [5.74, 6) is 0.273. The molecule has 2 aromatic carbocycles. The van der Waals surface area contributed by atoms with Gasteiger partial charge < -0.3 is 15.5 Å².